The average molecular weight is 428 g/mol. The highest BCUT2D eigenvalue weighted by Gasteiger charge is 2.16. The lowest BCUT2D eigenvalue weighted by Crippen LogP contribution is -2.34. The molecule has 8 heteroatoms. The summed E-state index contributed by atoms with van der Waals surface area (Å²) in [5.41, 5.74) is 1.27. The monoisotopic (exact) mass is 427 g/mol. The third kappa shape index (κ3) is 8.38. The molecule has 31 heavy (non-hydrogen) atoms. The van der Waals surface area contributed by atoms with E-state index in [0.717, 1.165) is 5.56 Å². The van der Waals surface area contributed by atoms with E-state index in [9.17, 15) is 14.4 Å². The molecule has 0 unspecified atom stereocenters. The third-order valence-electron chi connectivity index (χ3n) is 4.10. The van der Waals surface area contributed by atoms with E-state index in [1.165, 1.54) is 0 Å². The van der Waals surface area contributed by atoms with Gasteiger partial charge in [0.25, 0.3) is 5.91 Å². The minimum atomic E-state index is -0.596. The molecule has 3 amide bonds. The second-order valence-electron chi connectivity index (χ2n) is 7.80. The van der Waals surface area contributed by atoms with Gasteiger partial charge in [-0.2, -0.15) is 0 Å². The van der Waals surface area contributed by atoms with E-state index in [1.54, 1.807) is 64.3 Å². The largest absolute Gasteiger partial charge is 0.497 e. The van der Waals surface area contributed by atoms with Crippen molar-refractivity contribution in [2.75, 3.05) is 19.0 Å². The number of benzene rings is 2. The van der Waals surface area contributed by atoms with Crippen molar-refractivity contribution in [1.82, 2.24) is 10.6 Å². The molecule has 0 fully saturated rings. The molecular weight excluding hydrogens is 398 g/mol. The van der Waals surface area contributed by atoms with Crippen LogP contribution in [0, 0.1) is 0 Å². The Morgan fingerprint density at radius 1 is 0.935 bits per heavy atom. The predicted molar refractivity (Wildman–Crippen MR) is 118 cm³/mol. The molecule has 0 saturated heterocycles. The van der Waals surface area contributed by atoms with E-state index in [-0.39, 0.29) is 31.3 Å². The van der Waals surface area contributed by atoms with E-state index >= 15 is 0 Å². The van der Waals surface area contributed by atoms with Crippen LogP contribution in [-0.4, -0.2) is 37.2 Å². The molecule has 0 spiro atoms. The van der Waals surface area contributed by atoms with Crippen molar-refractivity contribution in [1.29, 1.82) is 0 Å². The van der Waals surface area contributed by atoms with E-state index in [2.05, 4.69) is 16.0 Å². The smallest absolute Gasteiger partial charge is 0.407 e. The Bertz CT molecular complexity index is 904. The molecule has 0 aliphatic heterocycles. The van der Waals surface area contributed by atoms with Gasteiger partial charge < -0.3 is 25.4 Å². The second-order valence-corrected chi connectivity index (χ2v) is 7.80. The Balaban J connectivity index is 1.86. The first kappa shape index (κ1) is 23.7. The van der Waals surface area contributed by atoms with Crippen molar-refractivity contribution in [3.05, 3.63) is 59.7 Å². The second kappa shape index (κ2) is 11.0. The molecule has 0 saturated carbocycles. The van der Waals surface area contributed by atoms with Crippen LogP contribution in [0.15, 0.2) is 48.5 Å². The number of amides is 3. The lowest BCUT2D eigenvalue weighted by Gasteiger charge is -2.19. The average Bonchev–Trinajstić information content (AvgIpc) is 2.71. The number of rotatable bonds is 8. The summed E-state index contributed by atoms with van der Waals surface area (Å²) >= 11 is 0. The van der Waals surface area contributed by atoms with Gasteiger partial charge in [0.05, 0.1) is 7.11 Å². The van der Waals surface area contributed by atoms with Crippen molar-refractivity contribution >= 4 is 23.6 Å². The minimum absolute atomic E-state index is 0.0891. The fourth-order valence-electron chi connectivity index (χ4n) is 2.62. The van der Waals surface area contributed by atoms with Crippen molar-refractivity contribution < 1.29 is 23.9 Å². The molecule has 2 aromatic rings. The van der Waals surface area contributed by atoms with Gasteiger partial charge in [-0.3, -0.25) is 9.59 Å². The number of nitrogens with one attached hydrogen (secondary N) is 3. The van der Waals surface area contributed by atoms with Crippen LogP contribution in [0.5, 0.6) is 5.75 Å². The number of methoxy groups -OCH3 is 1. The highest BCUT2D eigenvalue weighted by atomic mass is 16.6. The quantitative estimate of drug-likeness (QED) is 0.598. The maximum Gasteiger partial charge on any atom is 0.407 e. The number of para-hydroxylation sites is 1. The maximum absolute atomic E-state index is 12.4. The molecule has 0 bridgehead atoms. The summed E-state index contributed by atoms with van der Waals surface area (Å²) < 4.78 is 10.2. The van der Waals surface area contributed by atoms with Crippen molar-refractivity contribution in [3.8, 4) is 5.75 Å². The zero-order chi connectivity index (χ0) is 22.9. The van der Waals surface area contributed by atoms with E-state index in [4.69, 9.17) is 9.47 Å². The zero-order valence-electron chi connectivity index (χ0n) is 18.3. The van der Waals surface area contributed by atoms with Gasteiger partial charge in [-0.25, -0.2) is 4.79 Å². The number of hydrogen-bond donors (Lipinski definition) is 3. The van der Waals surface area contributed by atoms with Gasteiger partial charge in [0.15, 0.2) is 0 Å². The van der Waals surface area contributed by atoms with Gasteiger partial charge >= 0.3 is 6.09 Å². The summed E-state index contributed by atoms with van der Waals surface area (Å²) in [4.78, 5) is 36.3. The summed E-state index contributed by atoms with van der Waals surface area (Å²) in [5.74, 6) is 0.182. The lowest BCUT2D eigenvalue weighted by atomic mass is 10.1. The van der Waals surface area contributed by atoms with Crippen LogP contribution in [0.25, 0.3) is 0 Å². The molecule has 0 radical (unpaired) electrons. The molecule has 2 rings (SSSR count). The zero-order valence-corrected chi connectivity index (χ0v) is 18.3. The van der Waals surface area contributed by atoms with E-state index in [1.807, 2.05) is 12.1 Å². The SMILES string of the molecule is COc1ccc(C(=O)NCc2ccccc2NC(=O)CCNC(=O)OC(C)(C)C)cc1. The molecule has 3 N–H and O–H groups in total. The Kier molecular flexibility index (Phi) is 8.43. The minimum Gasteiger partial charge on any atom is -0.497 e. The van der Waals surface area contributed by atoms with Crippen molar-refractivity contribution in [2.45, 2.75) is 39.3 Å². The van der Waals surface area contributed by atoms with Gasteiger partial charge in [0.2, 0.25) is 5.91 Å². The summed E-state index contributed by atoms with van der Waals surface area (Å²) in [6.07, 6.45) is -0.479. The number of alkyl carbamates (subject to hydrolysis) is 1. The molecule has 0 aliphatic rings. The molecule has 8 nitrogen and oxygen atoms in total. The molecular formula is C23H29N3O5. The third-order valence-corrected chi connectivity index (χ3v) is 4.10. The maximum atomic E-state index is 12.4. The van der Waals surface area contributed by atoms with Crippen LogP contribution >= 0.6 is 0 Å². The number of anilines is 1. The first-order chi connectivity index (χ1) is 14.7. The summed E-state index contributed by atoms with van der Waals surface area (Å²) in [7, 11) is 1.56. The van der Waals surface area contributed by atoms with Crippen LogP contribution in [0.4, 0.5) is 10.5 Å². The van der Waals surface area contributed by atoms with Crippen LogP contribution in [0.3, 0.4) is 0 Å². The predicted octanol–water partition coefficient (Wildman–Crippen LogP) is 3.48. The van der Waals surface area contributed by atoms with E-state index < -0.39 is 11.7 Å². The highest BCUT2D eigenvalue weighted by molar-refractivity contribution is 5.95. The molecule has 0 atom stereocenters. The number of ether oxygens (including phenoxy) is 2. The number of carbonyl (C=O) groups excluding carboxylic acids is 3. The standard InChI is InChI=1S/C23H29N3O5/c1-23(2,3)31-22(29)24-14-13-20(27)26-19-8-6-5-7-17(19)15-25-21(28)16-9-11-18(30-4)12-10-16/h5-12H,13-15H2,1-4H3,(H,24,29)(H,25,28)(H,26,27). The Morgan fingerprint density at radius 2 is 1.61 bits per heavy atom. The van der Waals surface area contributed by atoms with Crippen molar-refractivity contribution in [3.63, 3.8) is 0 Å². The molecule has 2 aromatic carbocycles. The van der Waals surface area contributed by atoms with Gasteiger partial charge in [-0.15, -0.1) is 0 Å². The molecule has 0 aromatic heterocycles. The van der Waals surface area contributed by atoms with Crippen molar-refractivity contribution in [2.24, 2.45) is 0 Å². The highest BCUT2D eigenvalue weighted by Crippen LogP contribution is 2.16. The van der Waals surface area contributed by atoms with E-state index in [0.29, 0.717) is 17.0 Å². The van der Waals surface area contributed by atoms with Crippen LogP contribution in [0.1, 0.15) is 43.1 Å². The van der Waals surface area contributed by atoms with Gasteiger partial charge in [-0.1, -0.05) is 18.2 Å². The normalized spacial score (nSPS) is 10.7. The Morgan fingerprint density at radius 3 is 2.26 bits per heavy atom. The molecule has 0 aliphatic carbocycles. The summed E-state index contributed by atoms with van der Waals surface area (Å²) in [6.45, 7) is 5.70. The topological polar surface area (TPSA) is 106 Å². The number of carbonyl (C=O) groups is 3. The van der Waals surface area contributed by atoms with Gasteiger partial charge in [0.1, 0.15) is 11.4 Å². The Hall–Kier alpha value is -3.55. The Labute approximate surface area is 182 Å². The van der Waals surface area contributed by atoms with Crippen LogP contribution in [0.2, 0.25) is 0 Å². The summed E-state index contributed by atoms with van der Waals surface area (Å²) in [6, 6.07) is 14.0. The van der Waals surface area contributed by atoms with Crippen LogP contribution in [-0.2, 0) is 16.1 Å². The van der Waals surface area contributed by atoms with Gasteiger partial charge in [0, 0.05) is 30.8 Å². The molecule has 166 valence electrons. The molecule has 0 heterocycles. The van der Waals surface area contributed by atoms with Crippen LogP contribution < -0.4 is 20.7 Å². The number of hydrogen-bond acceptors (Lipinski definition) is 5. The van der Waals surface area contributed by atoms with Gasteiger partial charge in [-0.05, 0) is 56.7 Å². The first-order valence-electron chi connectivity index (χ1n) is 9.95. The lowest BCUT2D eigenvalue weighted by molar-refractivity contribution is -0.116. The fraction of sp³-hybridized carbons (Fsp3) is 0.348. The summed E-state index contributed by atoms with van der Waals surface area (Å²) in [5, 5.41) is 8.20. The first-order valence-corrected chi connectivity index (χ1v) is 9.95. The fourth-order valence-corrected chi connectivity index (χ4v) is 2.62.